The Hall–Kier alpha value is -4.19. The minimum atomic E-state index is -0.663. The highest BCUT2D eigenvalue weighted by Gasteiger charge is 2.43. The predicted molar refractivity (Wildman–Crippen MR) is 130 cm³/mol. The number of rotatable bonds is 7. The average Bonchev–Trinajstić information content (AvgIpc) is 3.41. The van der Waals surface area contributed by atoms with Crippen molar-refractivity contribution in [3.8, 4) is 0 Å². The fourth-order valence-electron chi connectivity index (χ4n) is 4.64. The molecule has 170 valence electrons. The first-order valence-electron chi connectivity index (χ1n) is 11.4. The van der Waals surface area contributed by atoms with E-state index >= 15 is 0 Å². The van der Waals surface area contributed by atoms with E-state index in [0.29, 0.717) is 18.5 Å². The Balaban J connectivity index is 1.52. The van der Waals surface area contributed by atoms with Crippen molar-refractivity contribution in [3.05, 3.63) is 113 Å². The van der Waals surface area contributed by atoms with Gasteiger partial charge in [0, 0.05) is 41.6 Å². The van der Waals surface area contributed by atoms with Gasteiger partial charge < -0.3 is 15.0 Å². The second-order valence-corrected chi connectivity index (χ2v) is 8.43. The Morgan fingerprint density at radius 1 is 1.06 bits per heavy atom. The molecule has 2 aromatic carbocycles. The third-order valence-electron chi connectivity index (χ3n) is 6.49. The summed E-state index contributed by atoms with van der Waals surface area (Å²) in [7, 11) is 0. The molecule has 1 aliphatic heterocycles. The number of para-hydroxylation sites is 1. The van der Waals surface area contributed by atoms with E-state index in [9.17, 15) is 14.7 Å². The Kier molecular flexibility index (Phi) is 5.72. The molecule has 4 aromatic rings. The van der Waals surface area contributed by atoms with Crippen molar-refractivity contribution in [2.75, 3.05) is 6.54 Å². The summed E-state index contributed by atoms with van der Waals surface area (Å²) < 4.78 is 0. The number of nitrogens with one attached hydrogen (secondary N) is 1. The van der Waals surface area contributed by atoms with Gasteiger partial charge >= 0.3 is 0 Å². The van der Waals surface area contributed by atoms with Gasteiger partial charge in [0.2, 0.25) is 0 Å². The van der Waals surface area contributed by atoms with E-state index in [1.807, 2.05) is 54.7 Å². The molecule has 34 heavy (non-hydrogen) atoms. The minimum absolute atomic E-state index is 0.111. The van der Waals surface area contributed by atoms with Gasteiger partial charge in [-0.1, -0.05) is 49.4 Å². The van der Waals surface area contributed by atoms with E-state index in [4.69, 9.17) is 0 Å². The first-order valence-corrected chi connectivity index (χ1v) is 11.4. The number of benzene rings is 2. The van der Waals surface area contributed by atoms with Gasteiger partial charge in [-0.05, 0) is 47.7 Å². The van der Waals surface area contributed by atoms with Crippen LogP contribution in [0.25, 0.3) is 10.9 Å². The number of carbonyl (C=O) groups is 2. The summed E-state index contributed by atoms with van der Waals surface area (Å²) in [5, 5.41) is 12.0. The molecule has 3 heterocycles. The van der Waals surface area contributed by atoms with Crippen molar-refractivity contribution in [3.63, 3.8) is 0 Å². The number of Topliss-reactive ketones (excluding diaryl/α,β-unsaturated/α-hetero) is 1. The first-order chi connectivity index (χ1) is 16.6. The molecule has 0 spiro atoms. The van der Waals surface area contributed by atoms with Crippen molar-refractivity contribution in [2.45, 2.75) is 25.8 Å². The molecular formula is C28H25N3O3. The van der Waals surface area contributed by atoms with E-state index in [0.717, 1.165) is 34.0 Å². The number of hydrogen-bond acceptors (Lipinski definition) is 4. The molecule has 6 nitrogen and oxygen atoms in total. The molecule has 0 saturated carbocycles. The summed E-state index contributed by atoms with van der Waals surface area (Å²) in [4.78, 5) is 35.5. The summed E-state index contributed by atoms with van der Waals surface area (Å²) in [5.41, 5.74) is 4.57. The standard InChI is InChI=1S/C28H25N3O3/c1-2-18-7-9-19(10-8-18)25-24(26(32)20-11-14-29-15-12-20)27(33)28(34)31(25)16-13-21-17-30-23-6-4-3-5-22(21)23/h3-12,14-15,17,25,30,33H,2,13,16H2,1H3. The second-order valence-electron chi connectivity index (χ2n) is 8.43. The van der Waals surface area contributed by atoms with Crippen molar-refractivity contribution >= 4 is 22.6 Å². The lowest BCUT2D eigenvalue weighted by atomic mass is 9.92. The number of aromatic nitrogens is 2. The zero-order chi connectivity index (χ0) is 23.7. The molecule has 1 atom stereocenters. The molecular weight excluding hydrogens is 426 g/mol. The molecule has 0 bridgehead atoms. The summed E-state index contributed by atoms with van der Waals surface area (Å²) >= 11 is 0. The molecule has 0 saturated heterocycles. The van der Waals surface area contributed by atoms with Crippen LogP contribution in [0.4, 0.5) is 0 Å². The number of hydrogen-bond donors (Lipinski definition) is 2. The van der Waals surface area contributed by atoms with E-state index < -0.39 is 17.7 Å². The van der Waals surface area contributed by atoms with Crippen molar-refractivity contribution < 1.29 is 14.7 Å². The van der Waals surface area contributed by atoms with Gasteiger partial charge in [0.05, 0.1) is 11.6 Å². The van der Waals surface area contributed by atoms with Crippen LogP contribution >= 0.6 is 0 Å². The Labute approximate surface area is 197 Å². The Morgan fingerprint density at radius 3 is 2.53 bits per heavy atom. The normalized spacial score (nSPS) is 16.0. The highest BCUT2D eigenvalue weighted by Crippen LogP contribution is 2.39. The van der Waals surface area contributed by atoms with Crippen LogP contribution in [0.3, 0.4) is 0 Å². The second kappa shape index (κ2) is 8.98. The van der Waals surface area contributed by atoms with Crippen LogP contribution in [-0.2, 0) is 17.6 Å². The van der Waals surface area contributed by atoms with Gasteiger partial charge in [-0.25, -0.2) is 0 Å². The Morgan fingerprint density at radius 2 is 1.79 bits per heavy atom. The van der Waals surface area contributed by atoms with Crippen LogP contribution in [0.1, 0.15) is 40.0 Å². The van der Waals surface area contributed by atoms with Crippen LogP contribution in [0.15, 0.2) is 90.6 Å². The van der Waals surface area contributed by atoms with Crippen LogP contribution < -0.4 is 0 Å². The van der Waals surface area contributed by atoms with Crippen molar-refractivity contribution in [2.24, 2.45) is 0 Å². The number of ketones is 1. The van der Waals surface area contributed by atoms with Crippen LogP contribution in [0, 0.1) is 0 Å². The van der Waals surface area contributed by atoms with Crippen LogP contribution in [0.5, 0.6) is 0 Å². The number of carbonyl (C=O) groups excluding carboxylic acids is 2. The lowest BCUT2D eigenvalue weighted by Gasteiger charge is -2.27. The summed E-state index contributed by atoms with van der Waals surface area (Å²) in [6.45, 7) is 2.43. The maximum absolute atomic E-state index is 13.4. The van der Waals surface area contributed by atoms with Crippen LogP contribution in [-0.4, -0.2) is 38.2 Å². The maximum Gasteiger partial charge on any atom is 0.290 e. The smallest absolute Gasteiger partial charge is 0.290 e. The van der Waals surface area contributed by atoms with E-state index in [2.05, 4.69) is 16.9 Å². The van der Waals surface area contributed by atoms with Crippen molar-refractivity contribution in [1.29, 1.82) is 0 Å². The number of fused-ring (bicyclic) bond motifs is 1. The SMILES string of the molecule is CCc1ccc(C2C(C(=O)c3ccncc3)=C(O)C(=O)N2CCc2c[nH]c3ccccc23)cc1. The van der Waals surface area contributed by atoms with Gasteiger partial charge in [0.1, 0.15) is 0 Å². The van der Waals surface area contributed by atoms with Gasteiger partial charge in [-0.2, -0.15) is 0 Å². The minimum Gasteiger partial charge on any atom is -0.503 e. The fourth-order valence-corrected chi connectivity index (χ4v) is 4.64. The average molecular weight is 452 g/mol. The number of H-pyrrole nitrogens is 1. The highest BCUT2D eigenvalue weighted by atomic mass is 16.3. The number of pyridine rings is 1. The third-order valence-corrected chi connectivity index (χ3v) is 6.49. The number of nitrogens with zero attached hydrogens (tertiary/aromatic N) is 2. The van der Waals surface area contributed by atoms with Gasteiger partial charge in [-0.15, -0.1) is 0 Å². The summed E-state index contributed by atoms with van der Waals surface area (Å²) in [6.07, 6.45) is 6.48. The molecule has 0 radical (unpaired) electrons. The molecule has 1 amide bonds. The summed E-state index contributed by atoms with van der Waals surface area (Å²) in [5.74, 6) is -1.38. The predicted octanol–water partition coefficient (Wildman–Crippen LogP) is 4.95. The molecule has 5 rings (SSSR count). The quantitative estimate of drug-likeness (QED) is 0.390. The largest absolute Gasteiger partial charge is 0.503 e. The molecule has 0 fully saturated rings. The van der Waals surface area contributed by atoms with Gasteiger partial charge in [0.15, 0.2) is 11.5 Å². The van der Waals surface area contributed by atoms with Gasteiger partial charge in [-0.3, -0.25) is 14.6 Å². The van der Waals surface area contributed by atoms with E-state index in [-0.39, 0.29) is 11.4 Å². The Bertz CT molecular complexity index is 1390. The molecule has 1 unspecified atom stereocenters. The number of aryl methyl sites for hydroxylation is 1. The summed E-state index contributed by atoms with van der Waals surface area (Å²) in [6, 6.07) is 18.4. The molecule has 6 heteroatoms. The monoisotopic (exact) mass is 451 g/mol. The van der Waals surface area contributed by atoms with E-state index in [1.54, 1.807) is 17.0 Å². The zero-order valence-corrected chi connectivity index (χ0v) is 18.9. The van der Waals surface area contributed by atoms with E-state index in [1.165, 1.54) is 12.4 Å². The van der Waals surface area contributed by atoms with Gasteiger partial charge in [0.25, 0.3) is 5.91 Å². The number of aromatic amines is 1. The molecule has 0 aliphatic carbocycles. The zero-order valence-electron chi connectivity index (χ0n) is 18.9. The number of amides is 1. The lowest BCUT2D eigenvalue weighted by Crippen LogP contribution is -2.33. The highest BCUT2D eigenvalue weighted by molar-refractivity contribution is 6.16. The lowest BCUT2D eigenvalue weighted by molar-refractivity contribution is -0.129. The van der Waals surface area contributed by atoms with Crippen molar-refractivity contribution in [1.82, 2.24) is 14.9 Å². The topological polar surface area (TPSA) is 86.3 Å². The fraction of sp³-hybridized carbons (Fsp3) is 0.179. The first kappa shape index (κ1) is 21.6. The van der Waals surface area contributed by atoms with Crippen LogP contribution in [0.2, 0.25) is 0 Å². The maximum atomic E-state index is 13.4. The molecule has 1 aliphatic rings. The third kappa shape index (κ3) is 3.77. The molecule has 2 aromatic heterocycles. The number of aliphatic hydroxyl groups excluding tert-OH is 1. The number of aliphatic hydroxyl groups is 1. The molecule has 2 N–H and O–H groups in total.